The fourth-order valence-electron chi connectivity index (χ4n) is 5.79. The molecule has 1 amide bonds. The van der Waals surface area contributed by atoms with Crippen molar-refractivity contribution in [1.82, 2.24) is 9.78 Å². The van der Waals surface area contributed by atoms with Gasteiger partial charge in [-0.05, 0) is 69.9 Å². The van der Waals surface area contributed by atoms with Gasteiger partial charge in [0, 0.05) is 28.9 Å². The van der Waals surface area contributed by atoms with Crippen molar-refractivity contribution in [3.05, 3.63) is 30.1 Å². The molecule has 2 aromatic rings. The van der Waals surface area contributed by atoms with Crippen LogP contribution in [-0.2, 0) is 21.1 Å². The molecule has 1 aromatic heterocycles. The number of hydrogen-bond donors (Lipinski definition) is 0. The molecule has 1 atom stereocenters. The molecule has 0 spiro atoms. The molecule has 7 nitrogen and oxygen atoms in total. The zero-order valence-corrected chi connectivity index (χ0v) is 19.7. The fourth-order valence-corrected chi connectivity index (χ4v) is 7.17. The standard InChI is InChI=1S/C25H29N3O4S/c1-15-5-6-21-22(28(15)24(29)25-9-17(25)10-25)8-7-20(23(21)32-19-3-2-4-19)16-11-26-27(12-16)18-13-33(30,31)14-18/h7-8,11-12,15,17-19H,2-6,9-10,13-14H2,1H3/t15-,17?,25?/m0/s1. The minimum Gasteiger partial charge on any atom is -0.489 e. The smallest absolute Gasteiger partial charge is 0.233 e. The molecule has 33 heavy (non-hydrogen) atoms. The number of sulfone groups is 1. The Hall–Kier alpha value is -2.35. The second-order valence-electron chi connectivity index (χ2n) is 10.9. The highest BCUT2D eigenvalue weighted by Crippen LogP contribution is 2.76. The second kappa shape index (κ2) is 6.62. The molecule has 1 aromatic carbocycles. The summed E-state index contributed by atoms with van der Waals surface area (Å²) in [6.45, 7) is 2.16. The molecule has 0 N–H and O–H groups in total. The van der Waals surface area contributed by atoms with Gasteiger partial charge in [0.05, 0.1) is 41.0 Å². The third-order valence-electron chi connectivity index (χ3n) is 8.59. The summed E-state index contributed by atoms with van der Waals surface area (Å²) in [6.07, 6.45) is 11.2. The highest BCUT2D eigenvalue weighted by Gasteiger charge is 2.75. The maximum absolute atomic E-state index is 13.4. The minimum atomic E-state index is -2.91. The molecule has 174 valence electrons. The molecule has 3 aliphatic carbocycles. The number of aromatic nitrogens is 2. The van der Waals surface area contributed by atoms with Crippen LogP contribution in [-0.4, -0.2) is 47.8 Å². The number of carbonyl (C=O) groups is 1. The summed E-state index contributed by atoms with van der Waals surface area (Å²) in [6, 6.07) is 4.27. The molecule has 0 unspecified atom stereocenters. The van der Waals surface area contributed by atoms with E-state index in [9.17, 15) is 13.2 Å². The van der Waals surface area contributed by atoms with Gasteiger partial charge in [0.2, 0.25) is 5.91 Å². The fraction of sp³-hybridized carbons (Fsp3) is 0.600. The van der Waals surface area contributed by atoms with Gasteiger partial charge in [-0.2, -0.15) is 5.10 Å². The Labute approximate surface area is 194 Å². The molecule has 3 heterocycles. The summed E-state index contributed by atoms with van der Waals surface area (Å²) < 4.78 is 31.6. The van der Waals surface area contributed by atoms with Crippen LogP contribution in [0, 0.1) is 11.3 Å². The third-order valence-corrected chi connectivity index (χ3v) is 10.4. The van der Waals surface area contributed by atoms with Gasteiger partial charge >= 0.3 is 0 Å². The van der Waals surface area contributed by atoms with Gasteiger partial charge in [0.15, 0.2) is 9.84 Å². The van der Waals surface area contributed by atoms with E-state index in [1.807, 2.05) is 12.4 Å². The number of hydrogen-bond acceptors (Lipinski definition) is 5. The van der Waals surface area contributed by atoms with Gasteiger partial charge in [0.1, 0.15) is 5.75 Å². The van der Waals surface area contributed by atoms with Gasteiger partial charge in [-0.15, -0.1) is 0 Å². The zero-order valence-electron chi connectivity index (χ0n) is 18.9. The first kappa shape index (κ1) is 20.1. The molecule has 0 bridgehead atoms. The van der Waals surface area contributed by atoms with Crippen LogP contribution in [0.4, 0.5) is 5.69 Å². The van der Waals surface area contributed by atoms with Gasteiger partial charge in [-0.3, -0.25) is 9.48 Å². The number of benzene rings is 1. The van der Waals surface area contributed by atoms with Gasteiger partial charge < -0.3 is 9.64 Å². The molecule has 0 radical (unpaired) electrons. The highest BCUT2D eigenvalue weighted by atomic mass is 32.2. The van der Waals surface area contributed by atoms with E-state index >= 15 is 0 Å². The lowest BCUT2D eigenvalue weighted by atomic mass is 9.90. The normalized spacial score (nSPS) is 31.7. The maximum atomic E-state index is 13.4. The van der Waals surface area contributed by atoms with Crippen molar-refractivity contribution in [2.75, 3.05) is 16.4 Å². The predicted molar refractivity (Wildman–Crippen MR) is 124 cm³/mol. The van der Waals surface area contributed by atoms with Crippen LogP contribution in [0.25, 0.3) is 11.1 Å². The molecule has 1 saturated heterocycles. The lowest BCUT2D eigenvalue weighted by Gasteiger charge is -2.38. The van der Waals surface area contributed by atoms with E-state index in [4.69, 9.17) is 4.74 Å². The number of amides is 1. The number of ether oxygens (including phenoxy) is 1. The average molecular weight is 468 g/mol. The van der Waals surface area contributed by atoms with Gasteiger partial charge in [0.25, 0.3) is 0 Å². The molecular formula is C25H29N3O4S. The zero-order chi connectivity index (χ0) is 22.5. The summed E-state index contributed by atoms with van der Waals surface area (Å²) in [5.41, 5.74) is 4.03. The number of rotatable bonds is 5. The first-order valence-corrected chi connectivity index (χ1v) is 14.1. The SMILES string of the molecule is C[C@H]1CCc2c(ccc(-c3cnn(C4CS(=O)(=O)C4)c3)c2OC2CCC2)N1C(=O)C12CC1C2. The summed E-state index contributed by atoms with van der Waals surface area (Å²) in [5.74, 6) is 2.13. The molecule has 8 heteroatoms. The minimum absolute atomic E-state index is 0.0548. The molecule has 4 fully saturated rings. The third kappa shape index (κ3) is 3.02. The first-order valence-electron chi connectivity index (χ1n) is 12.3. The monoisotopic (exact) mass is 467 g/mol. The van der Waals surface area contributed by atoms with Crippen molar-refractivity contribution < 1.29 is 17.9 Å². The van der Waals surface area contributed by atoms with Crippen molar-refractivity contribution in [2.24, 2.45) is 11.3 Å². The number of carbonyl (C=O) groups excluding carboxylic acids is 1. The Kier molecular flexibility index (Phi) is 4.02. The lowest BCUT2D eigenvalue weighted by molar-refractivity contribution is -0.122. The van der Waals surface area contributed by atoms with Crippen molar-refractivity contribution in [3.8, 4) is 16.9 Å². The number of fused-ring (bicyclic) bond motifs is 2. The Balaban J connectivity index is 1.28. The largest absolute Gasteiger partial charge is 0.489 e. The predicted octanol–water partition coefficient (Wildman–Crippen LogP) is 3.53. The van der Waals surface area contributed by atoms with E-state index in [1.54, 1.807) is 4.68 Å². The molecule has 7 rings (SSSR count). The van der Waals surface area contributed by atoms with E-state index in [2.05, 4.69) is 29.1 Å². The van der Waals surface area contributed by atoms with Crippen LogP contribution in [0.1, 0.15) is 57.1 Å². The van der Waals surface area contributed by atoms with Crippen LogP contribution >= 0.6 is 0 Å². The van der Waals surface area contributed by atoms with E-state index < -0.39 is 9.84 Å². The van der Waals surface area contributed by atoms with Crippen LogP contribution < -0.4 is 9.64 Å². The second-order valence-corrected chi connectivity index (χ2v) is 13.0. The first-order chi connectivity index (χ1) is 15.8. The lowest BCUT2D eigenvalue weighted by Crippen LogP contribution is -2.44. The van der Waals surface area contributed by atoms with E-state index in [0.29, 0.717) is 11.8 Å². The average Bonchev–Trinajstić information content (AvgIpc) is 3.55. The quantitative estimate of drug-likeness (QED) is 0.672. The van der Waals surface area contributed by atoms with E-state index in [0.717, 1.165) is 66.7 Å². The van der Waals surface area contributed by atoms with Crippen LogP contribution in [0.3, 0.4) is 0 Å². The summed E-state index contributed by atoms with van der Waals surface area (Å²) >= 11 is 0. The molecule has 3 saturated carbocycles. The number of nitrogens with zero attached hydrogens (tertiary/aromatic N) is 3. The van der Waals surface area contributed by atoms with Crippen molar-refractivity contribution in [1.29, 1.82) is 0 Å². The highest BCUT2D eigenvalue weighted by molar-refractivity contribution is 7.92. The summed E-state index contributed by atoms with van der Waals surface area (Å²) in [5, 5.41) is 4.48. The van der Waals surface area contributed by atoms with Crippen molar-refractivity contribution >= 4 is 21.4 Å². The van der Waals surface area contributed by atoms with Gasteiger partial charge in [-0.25, -0.2) is 8.42 Å². The summed E-state index contributed by atoms with van der Waals surface area (Å²) in [7, 11) is -2.91. The van der Waals surface area contributed by atoms with Crippen LogP contribution in [0.5, 0.6) is 5.75 Å². The van der Waals surface area contributed by atoms with Crippen LogP contribution in [0.2, 0.25) is 0 Å². The van der Waals surface area contributed by atoms with Crippen molar-refractivity contribution in [3.63, 3.8) is 0 Å². The summed E-state index contributed by atoms with van der Waals surface area (Å²) in [4.78, 5) is 15.5. The Morgan fingerprint density at radius 1 is 1.18 bits per heavy atom. The topological polar surface area (TPSA) is 81.5 Å². The van der Waals surface area contributed by atoms with Crippen molar-refractivity contribution in [2.45, 2.75) is 70.1 Å². The van der Waals surface area contributed by atoms with E-state index in [-0.39, 0.29) is 35.1 Å². The van der Waals surface area contributed by atoms with E-state index in [1.165, 1.54) is 6.42 Å². The van der Waals surface area contributed by atoms with Crippen LogP contribution in [0.15, 0.2) is 24.5 Å². The Bertz CT molecular complexity index is 1260. The number of anilines is 1. The molecule has 5 aliphatic rings. The molecular weight excluding hydrogens is 438 g/mol. The molecule has 2 aliphatic heterocycles. The maximum Gasteiger partial charge on any atom is 0.233 e. The van der Waals surface area contributed by atoms with Gasteiger partial charge in [-0.1, -0.05) is 0 Å². The Morgan fingerprint density at radius 2 is 1.94 bits per heavy atom. The Morgan fingerprint density at radius 3 is 2.58 bits per heavy atom.